The summed E-state index contributed by atoms with van der Waals surface area (Å²) in [6, 6.07) is 0. The Morgan fingerprint density at radius 2 is 1.83 bits per heavy atom. The van der Waals surface area contributed by atoms with Gasteiger partial charge in [0.1, 0.15) is 0 Å². The van der Waals surface area contributed by atoms with Crippen LogP contribution in [0.2, 0.25) is 0 Å². The van der Waals surface area contributed by atoms with Gasteiger partial charge in [-0.05, 0) is 104 Å². The zero-order valence-corrected chi connectivity index (χ0v) is 19.5. The maximum Gasteiger partial charge on any atom is 0.0577 e. The molecule has 0 aromatic carbocycles. The van der Waals surface area contributed by atoms with E-state index in [2.05, 4.69) is 33.8 Å². The van der Waals surface area contributed by atoms with E-state index in [1.807, 2.05) is 0 Å². The summed E-state index contributed by atoms with van der Waals surface area (Å²) in [5.41, 5.74) is 2.51. The van der Waals surface area contributed by atoms with Crippen molar-refractivity contribution in [2.24, 2.45) is 46.3 Å². The number of aliphatic hydroxyl groups is 2. The molecule has 0 amide bonds. The topological polar surface area (TPSA) is 40.5 Å². The van der Waals surface area contributed by atoms with E-state index in [-0.39, 0.29) is 6.10 Å². The van der Waals surface area contributed by atoms with Crippen LogP contribution >= 0.6 is 0 Å². The van der Waals surface area contributed by atoms with Crippen LogP contribution in [0, 0.1) is 46.3 Å². The monoisotopic (exact) mass is 402 g/mol. The van der Waals surface area contributed by atoms with Crippen molar-refractivity contribution >= 4 is 0 Å². The first-order valence-corrected chi connectivity index (χ1v) is 12.8. The second-order valence-corrected chi connectivity index (χ2v) is 12.1. The van der Waals surface area contributed by atoms with Crippen molar-refractivity contribution in [1.82, 2.24) is 0 Å². The smallest absolute Gasteiger partial charge is 0.0577 e. The highest BCUT2D eigenvalue weighted by molar-refractivity contribution is 5.25. The number of allylic oxidation sites excluding steroid dienone is 1. The van der Waals surface area contributed by atoms with E-state index in [1.54, 1.807) is 5.57 Å². The number of rotatable bonds is 6. The van der Waals surface area contributed by atoms with E-state index in [4.69, 9.17) is 0 Å². The number of hydrogen-bond acceptors (Lipinski definition) is 2. The molecule has 0 saturated heterocycles. The molecular weight excluding hydrogens is 356 g/mol. The van der Waals surface area contributed by atoms with Crippen LogP contribution in [0.3, 0.4) is 0 Å². The molecule has 0 bridgehead atoms. The van der Waals surface area contributed by atoms with Crippen LogP contribution in [0.25, 0.3) is 0 Å². The van der Waals surface area contributed by atoms with E-state index in [0.717, 1.165) is 42.4 Å². The third-order valence-electron chi connectivity index (χ3n) is 10.5. The van der Waals surface area contributed by atoms with Crippen molar-refractivity contribution in [2.45, 2.75) is 104 Å². The molecule has 0 radical (unpaired) electrons. The molecule has 2 nitrogen and oxygen atoms in total. The standard InChI is InChI=1S/C27H46O2/c1-18(17-28)6-5-7-19(2)23-10-11-24-22-9-8-20-16-21(29)12-14-26(20,3)25(22)13-15-27(23,24)4/h8,18-19,21-25,28-29H,5-7,9-17H2,1-4H3/t18-,19-,21?,22?,23?,24?,25?,26?,27?/m1/s1. The Balaban J connectivity index is 1.46. The zero-order chi connectivity index (χ0) is 20.8. The Labute approximate surface area is 179 Å². The highest BCUT2D eigenvalue weighted by atomic mass is 16.3. The van der Waals surface area contributed by atoms with Gasteiger partial charge < -0.3 is 10.2 Å². The summed E-state index contributed by atoms with van der Waals surface area (Å²) in [6.45, 7) is 10.2. The Bertz CT molecular complexity index is 612. The fourth-order valence-corrected chi connectivity index (χ4v) is 8.70. The molecule has 0 heterocycles. The van der Waals surface area contributed by atoms with Gasteiger partial charge >= 0.3 is 0 Å². The van der Waals surface area contributed by atoms with E-state index in [0.29, 0.717) is 23.4 Å². The van der Waals surface area contributed by atoms with Gasteiger partial charge in [-0.15, -0.1) is 0 Å². The van der Waals surface area contributed by atoms with Crippen LogP contribution in [0.1, 0.15) is 98.3 Å². The molecule has 29 heavy (non-hydrogen) atoms. The lowest BCUT2D eigenvalue weighted by molar-refractivity contribution is -0.0573. The van der Waals surface area contributed by atoms with Crippen LogP contribution < -0.4 is 0 Å². The summed E-state index contributed by atoms with van der Waals surface area (Å²) in [7, 11) is 0. The zero-order valence-electron chi connectivity index (χ0n) is 19.5. The molecule has 0 aromatic heterocycles. The molecule has 7 unspecified atom stereocenters. The predicted octanol–water partition coefficient (Wildman–Crippen LogP) is 6.36. The second kappa shape index (κ2) is 8.30. The maximum atomic E-state index is 10.2. The Morgan fingerprint density at radius 1 is 1.03 bits per heavy atom. The van der Waals surface area contributed by atoms with Gasteiger partial charge in [-0.25, -0.2) is 0 Å². The van der Waals surface area contributed by atoms with Crippen LogP contribution in [-0.4, -0.2) is 22.9 Å². The first-order chi connectivity index (χ1) is 13.8. The van der Waals surface area contributed by atoms with Gasteiger partial charge in [0.15, 0.2) is 0 Å². The third-order valence-corrected chi connectivity index (χ3v) is 10.5. The SMILES string of the molecule is C[C@@H](CO)CCC[C@@H](C)C1CCC2C3CC=C4CC(O)CCC4(C)C3CCC21C. The first kappa shape index (κ1) is 21.9. The maximum absolute atomic E-state index is 10.2. The molecule has 0 aliphatic heterocycles. The first-order valence-electron chi connectivity index (χ1n) is 12.8. The van der Waals surface area contributed by atoms with Crippen LogP contribution in [0.5, 0.6) is 0 Å². The van der Waals surface area contributed by atoms with Crippen molar-refractivity contribution in [3.63, 3.8) is 0 Å². The highest BCUT2D eigenvalue weighted by Crippen LogP contribution is 2.67. The van der Waals surface area contributed by atoms with Crippen molar-refractivity contribution in [3.05, 3.63) is 11.6 Å². The van der Waals surface area contributed by atoms with E-state index in [1.165, 1.54) is 57.8 Å². The molecule has 9 atom stereocenters. The Morgan fingerprint density at radius 3 is 2.59 bits per heavy atom. The Kier molecular flexibility index (Phi) is 6.26. The van der Waals surface area contributed by atoms with Gasteiger partial charge in [0, 0.05) is 6.61 Å². The van der Waals surface area contributed by atoms with Crippen molar-refractivity contribution in [3.8, 4) is 0 Å². The summed E-state index contributed by atoms with van der Waals surface area (Å²) >= 11 is 0. The average Bonchev–Trinajstić information content (AvgIpc) is 3.05. The molecule has 3 fully saturated rings. The van der Waals surface area contributed by atoms with Crippen LogP contribution in [0.4, 0.5) is 0 Å². The van der Waals surface area contributed by atoms with Gasteiger partial charge in [-0.1, -0.05) is 52.2 Å². The minimum atomic E-state index is -0.0926. The largest absolute Gasteiger partial charge is 0.396 e. The molecular formula is C27H46O2. The minimum Gasteiger partial charge on any atom is -0.396 e. The van der Waals surface area contributed by atoms with E-state index >= 15 is 0 Å². The van der Waals surface area contributed by atoms with Crippen molar-refractivity contribution < 1.29 is 10.2 Å². The second-order valence-electron chi connectivity index (χ2n) is 12.1. The van der Waals surface area contributed by atoms with Gasteiger partial charge in [-0.3, -0.25) is 0 Å². The summed E-state index contributed by atoms with van der Waals surface area (Å²) in [5, 5.41) is 19.5. The minimum absolute atomic E-state index is 0.0926. The molecule has 2 heteroatoms. The summed E-state index contributed by atoms with van der Waals surface area (Å²) in [6.07, 6.45) is 16.4. The normalized spacial score (nSPS) is 46.3. The quantitative estimate of drug-likeness (QED) is 0.507. The predicted molar refractivity (Wildman–Crippen MR) is 120 cm³/mol. The summed E-state index contributed by atoms with van der Waals surface area (Å²) < 4.78 is 0. The van der Waals surface area contributed by atoms with Crippen molar-refractivity contribution in [2.75, 3.05) is 6.61 Å². The third kappa shape index (κ3) is 3.75. The van der Waals surface area contributed by atoms with Gasteiger partial charge in [-0.2, -0.15) is 0 Å². The Hall–Kier alpha value is -0.340. The lowest BCUT2D eigenvalue weighted by atomic mass is 9.47. The van der Waals surface area contributed by atoms with Gasteiger partial charge in [0.2, 0.25) is 0 Å². The van der Waals surface area contributed by atoms with Crippen LogP contribution in [0.15, 0.2) is 11.6 Å². The molecule has 0 aromatic rings. The van der Waals surface area contributed by atoms with E-state index in [9.17, 15) is 10.2 Å². The lowest BCUT2D eigenvalue weighted by Crippen LogP contribution is -2.50. The van der Waals surface area contributed by atoms with Gasteiger partial charge in [0.05, 0.1) is 6.10 Å². The summed E-state index contributed by atoms with van der Waals surface area (Å²) in [5.74, 6) is 4.82. The molecule has 166 valence electrons. The summed E-state index contributed by atoms with van der Waals surface area (Å²) in [4.78, 5) is 0. The number of hydrogen-bond donors (Lipinski definition) is 2. The average molecular weight is 403 g/mol. The lowest BCUT2D eigenvalue weighted by Gasteiger charge is -2.58. The fraction of sp³-hybridized carbons (Fsp3) is 0.926. The molecule has 4 aliphatic rings. The fourth-order valence-electron chi connectivity index (χ4n) is 8.70. The molecule has 4 aliphatic carbocycles. The molecule has 3 saturated carbocycles. The molecule has 4 rings (SSSR count). The number of fused-ring (bicyclic) bond motifs is 5. The van der Waals surface area contributed by atoms with Crippen molar-refractivity contribution in [1.29, 1.82) is 0 Å². The van der Waals surface area contributed by atoms with E-state index < -0.39 is 0 Å². The number of aliphatic hydroxyl groups excluding tert-OH is 2. The molecule has 2 N–H and O–H groups in total. The highest BCUT2D eigenvalue weighted by Gasteiger charge is 2.59. The molecule has 0 spiro atoms. The van der Waals surface area contributed by atoms with Crippen LogP contribution in [-0.2, 0) is 0 Å². The van der Waals surface area contributed by atoms with Gasteiger partial charge in [0.25, 0.3) is 0 Å².